The van der Waals surface area contributed by atoms with Crippen LogP contribution in [0, 0.1) is 0 Å². The Morgan fingerprint density at radius 1 is 1.38 bits per heavy atom. The molecule has 0 unspecified atom stereocenters. The number of aromatic amines is 1. The molecular formula is C14H15N3O3S. The largest absolute Gasteiger partial charge is 0.465 e. The van der Waals surface area contributed by atoms with Crippen molar-refractivity contribution in [2.24, 2.45) is 0 Å². The van der Waals surface area contributed by atoms with E-state index in [9.17, 15) is 9.59 Å². The van der Waals surface area contributed by atoms with Gasteiger partial charge in [-0.25, -0.2) is 4.79 Å². The van der Waals surface area contributed by atoms with Gasteiger partial charge in [-0.15, -0.1) is 0 Å². The van der Waals surface area contributed by atoms with Crippen molar-refractivity contribution >= 4 is 33.9 Å². The molecule has 0 aromatic carbocycles. The number of aromatic nitrogens is 2. The molecule has 0 aliphatic carbocycles. The number of amides is 1. The molecule has 0 spiro atoms. The molecule has 1 saturated heterocycles. The number of rotatable bonds is 2. The predicted octanol–water partition coefficient (Wildman–Crippen LogP) is 2.58. The first-order chi connectivity index (χ1) is 10.1. The first-order valence-corrected chi connectivity index (χ1v) is 7.63. The number of nitrogens with one attached hydrogen (secondary N) is 1. The highest BCUT2D eigenvalue weighted by molar-refractivity contribution is 8.14. The van der Waals surface area contributed by atoms with Crippen LogP contribution in [-0.4, -0.2) is 49.5 Å². The number of fused-ring (bicyclic) bond motifs is 1. The standard InChI is InChI=1S/C14H15N3O3S/c18-13(11-7-9-1-4-15-8-12(9)16-11)21-10-2-5-17(6-3-10)14(19)20/h1,4,7-8,10,16H,2-3,5-6H2,(H,19,20). The van der Waals surface area contributed by atoms with Crippen LogP contribution >= 0.6 is 11.8 Å². The normalized spacial score (nSPS) is 16.3. The van der Waals surface area contributed by atoms with E-state index in [0.717, 1.165) is 10.9 Å². The van der Waals surface area contributed by atoms with Crippen molar-refractivity contribution in [3.8, 4) is 0 Å². The Labute approximate surface area is 125 Å². The van der Waals surface area contributed by atoms with Gasteiger partial charge in [-0.1, -0.05) is 11.8 Å². The van der Waals surface area contributed by atoms with Gasteiger partial charge in [0.2, 0.25) is 5.12 Å². The summed E-state index contributed by atoms with van der Waals surface area (Å²) in [5.41, 5.74) is 1.42. The van der Waals surface area contributed by atoms with Crippen LogP contribution < -0.4 is 0 Å². The Balaban J connectivity index is 1.63. The number of pyridine rings is 1. The zero-order valence-corrected chi connectivity index (χ0v) is 12.1. The molecule has 0 atom stereocenters. The van der Waals surface area contributed by atoms with Gasteiger partial charge >= 0.3 is 6.09 Å². The number of likely N-dealkylation sites (tertiary alicyclic amines) is 1. The number of nitrogens with zero attached hydrogens (tertiary/aromatic N) is 2. The summed E-state index contributed by atoms with van der Waals surface area (Å²) in [6.07, 6.45) is 3.93. The Bertz CT molecular complexity index is 644. The van der Waals surface area contributed by atoms with E-state index in [1.54, 1.807) is 12.4 Å². The van der Waals surface area contributed by atoms with E-state index in [-0.39, 0.29) is 10.4 Å². The predicted molar refractivity (Wildman–Crippen MR) is 80.6 cm³/mol. The number of H-pyrrole nitrogens is 1. The van der Waals surface area contributed by atoms with Gasteiger partial charge in [-0.05, 0) is 25.0 Å². The van der Waals surface area contributed by atoms with Crippen molar-refractivity contribution < 1.29 is 14.7 Å². The molecule has 110 valence electrons. The number of hydrogen-bond donors (Lipinski definition) is 2. The summed E-state index contributed by atoms with van der Waals surface area (Å²) in [5.74, 6) is 0. The summed E-state index contributed by atoms with van der Waals surface area (Å²) >= 11 is 1.29. The zero-order chi connectivity index (χ0) is 14.8. The van der Waals surface area contributed by atoms with Crippen molar-refractivity contribution in [3.05, 3.63) is 30.2 Å². The van der Waals surface area contributed by atoms with Crippen LogP contribution in [0.4, 0.5) is 4.79 Å². The summed E-state index contributed by atoms with van der Waals surface area (Å²) in [6.45, 7) is 0.994. The molecule has 0 radical (unpaired) electrons. The molecule has 3 rings (SSSR count). The van der Waals surface area contributed by atoms with E-state index >= 15 is 0 Å². The van der Waals surface area contributed by atoms with Gasteiger partial charge in [0, 0.05) is 29.9 Å². The molecule has 1 fully saturated rings. The molecule has 6 nitrogen and oxygen atoms in total. The average molecular weight is 305 g/mol. The van der Waals surface area contributed by atoms with Crippen molar-refractivity contribution in [1.82, 2.24) is 14.9 Å². The Morgan fingerprint density at radius 3 is 2.81 bits per heavy atom. The lowest BCUT2D eigenvalue weighted by atomic mass is 10.1. The van der Waals surface area contributed by atoms with E-state index < -0.39 is 6.09 Å². The van der Waals surface area contributed by atoms with Gasteiger partial charge in [-0.2, -0.15) is 0 Å². The van der Waals surface area contributed by atoms with Gasteiger partial charge in [0.25, 0.3) is 0 Å². The second-order valence-electron chi connectivity index (χ2n) is 5.02. The van der Waals surface area contributed by atoms with Crippen molar-refractivity contribution in [2.75, 3.05) is 13.1 Å². The third-order valence-electron chi connectivity index (χ3n) is 3.63. The minimum atomic E-state index is -0.882. The maximum atomic E-state index is 12.3. The molecule has 0 bridgehead atoms. The molecule has 21 heavy (non-hydrogen) atoms. The minimum absolute atomic E-state index is 0.0000231. The van der Waals surface area contributed by atoms with Crippen LogP contribution in [0.1, 0.15) is 23.3 Å². The first kappa shape index (κ1) is 13.9. The molecule has 2 N–H and O–H groups in total. The lowest BCUT2D eigenvalue weighted by Gasteiger charge is -2.28. The smallest absolute Gasteiger partial charge is 0.407 e. The number of piperidine rings is 1. The highest BCUT2D eigenvalue weighted by Gasteiger charge is 2.25. The summed E-state index contributed by atoms with van der Waals surface area (Å²) in [5, 5.41) is 10.1. The van der Waals surface area contributed by atoms with Gasteiger partial charge in [0.05, 0.1) is 17.4 Å². The lowest BCUT2D eigenvalue weighted by molar-refractivity contribution is 0.108. The molecule has 1 amide bonds. The highest BCUT2D eigenvalue weighted by atomic mass is 32.2. The molecule has 1 aliphatic heterocycles. The third-order valence-corrected chi connectivity index (χ3v) is 4.87. The quantitative estimate of drug-likeness (QED) is 0.890. The maximum absolute atomic E-state index is 12.3. The van der Waals surface area contributed by atoms with Gasteiger partial charge in [0.1, 0.15) is 0 Å². The molecule has 0 saturated carbocycles. The third kappa shape index (κ3) is 3.02. The van der Waals surface area contributed by atoms with Gasteiger partial charge < -0.3 is 15.0 Å². The fourth-order valence-electron chi connectivity index (χ4n) is 2.46. The second kappa shape index (κ2) is 5.77. The summed E-state index contributed by atoms with van der Waals surface area (Å²) < 4.78 is 0. The van der Waals surface area contributed by atoms with Crippen molar-refractivity contribution in [2.45, 2.75) is 18.1 Å². The number of carboxylic acid groups (broad SMARTS) is 1. The molecular weight excluding hydrogens is 290 g/mol. The fraction of sp³-hybridized carbons (Fsp3) is 0.357. The number of carbonyl (C=O) groups is 2. The van der Waals surface area contributed by atoms with E-state index in [2.05, 4.69) is 9.97 Å². The SMILES string of the molecule is O=C(SC1CCN(C(=O)O)CC1)c1cc2ccncc2[nH]1. The van der Waals surface area contributed by atoms with Crippen LogP contribution in [0.3, 0.4) is 0 Å². The first-order valence-electron chi connectivity index (χ1n) is 6.75. The Hall–Kier alpha value is -2.02. The molecule has 3 heterocycles. The van der Waals surface area contributed by atoms with Crippen LogP contribution in [0.5, 0.6) is 0 Å². The highest BCUT2D eigenvalue weighted by Crippen LogP contribution is 2.27. The maximum Gasteiger partial charge on any atom is 0.407 e. The van der Waals surface area contributed by atoms with E-state index in [0.29, 0.717) is 31.6 Å². The van der Waals surface area contributed by atoms with E-state index in [4.69, 9.17) is 5.11 Å². The lowest BCUT2D eigenvalue weighted by Crippen LogP contribution is -2.38. The topological polar surface area (TPSA) is 86.3 Å². The Morgan fingerprint density at radius 2 is 2.14 bits per heavy atom. The van der Waals surface area contributed by atoms with E-state index in [1.165, 1.54) is 16.7 Å². The van der Waals surface area contributed by atoms with Crippen molar-refractivity contribution in [3.63, 3.8) is 0 Å². The van der Waals surface area contributed by atoms with Crippen LogP contribution in [0.2, 0.25) is 0 Å². The number of carbonyl (C=O) groups excluding carboxylic acids is 1. The van der Waals surface area contributed by atoms with Crippen LogP contribution in [-0.2, 0) is 0 Å². The minimum Gasteiger partial charge on any atom is -0.465 e. The molecule has 7 heteroatoms. The Kier molecular flexibility index (Phi) is 3.83. The monoisotopic (exact) mass is 305 g/mol. The molecule has 1 aliphatic rings. The van der Waals surface area contributed by atoms with Crippen LogP contribution in [0.25, 0.3) is 10.9 Å². The van der Waals surface area contributed by atoms with E-state index in [1.807, 2.05) is 12.1 Å². The summed E-state index contributed by atoms with van der Waals surface area (Å²) in [6, 6.07) is 3.69. The number of thioether (sulfide) groups is 1. The fourth-order valence-corrected chi connectivity index (χ4v) is 3.45. The second-order valence-corrected chi connectivity index (χ2v) is 6.29. The summed E-state index contributed by atoms with van der Waals surface area (Å²) in [4.78, 5) is 31.6. The van der Waals surface area contributed by atoms with Gasteiger partial charge in [-0.3, -0.25) is 9.78 Å². The average Bonchev–Trinajstić information content (AvgIpc) is 2.92. The van der Waals surface area contributed by atoms with Crippen molar-refractivity contribution in [1.29, 1.82) is 0 Å². The zero-order valence-electron chi connectivity index (χ0n) is 11.3. The molecule has 2 aromatic rings. The molecule has 2 aromatic heterocycles. The van der Waals surface area contributed by atoms with Gasteiger partial charge in [0.15, 0.2) is 0 Å². The van der Waals surface area contributed by atoms with Crippen LogP contribution in [0.15, 0.2) is 24.5 Å². The summed E-state index contributed by atoms with van der Waals surface area (Å²) in [7, 11) is 0. The number of hydrogen-bond acceptors (Lipinski definition) is 4.